The van der Waals surface area contributed by atoms with Crippen LogP contribution in [0.3, 0.4) is 0 Å². The molecule has 0 aliphatic rings. The first-order valence-electron chi connectivity index (χ1n) is 13.9. The average Bonchev–Trinajstić information content (AvgIpc) is 3.58. The zero-order valence-corrected chi connectivity index (χ0v) is 23.1. The van der Waals surface area contributed by atoms with E-state index in [-0.39, 0.29) is 0 Å². The van der Waals surface area contributed by atoms with Gasteiger partial charge >= 0.3 is 0 Å². The Hall–Kier alpha value is -5.12. The molecule has 0 saturated heterocycles. The highest BCUT2D eigenvalue weighted by Gasteiger charge is 2.20. The number of nitrogens with zero attached hydrogens (tertiary/aromatic N) is 2. The van der Waals surface area contributed by atoms with Crippen LogP contribution in [0.15, 0.2) is 158 Å². The Bertz CT molecular complexity index is 2090. The van der Waals surface area contributed by atoms with E-state index in [2.05, 4.69) is 167 Å². The minimum absolute atomic E-state index is 1.13. The summed E-state index contributed by atoms with van der Waals surface area (Å²) in [5.74, 6) is 0. The van der Waals surface area contributed by atoms with Gasteiger partial charge in [0, 0.05) is 33.6 Å². The number of anilines is 3. The van der Waals surface area contributed by atoms with Crippen LogP contribution in [-0.4, -0.2) is 4.40 Å². The van der Waals surface area contributed by atoms with Gasteiger partial charge in [0.15, 0.2) is 0 Å². The van der Waals surface area contributed by atoms with Crippen molar-refractivity contribution >= 4 is 54.3 Å². The van der Waals surface area contributed by atoms with Crippen LogP contribution in [0.4, 0.5) is 17.1 Å². The van der Waals surface area contributed by atoms with Crippen molar-refractivity contribution in [2.45, 2.75) is 0 Å². The summed E-state index contributed by atoms with van der Waals surface area (Å²) in [6.45, 7) is 0. The van der Waals surface area contributed by atoms with Gasteiger partial charge in [-0.25, -0.2) is 0 Å². The third-order valence-electron chi connectivity index (χ3n) is 7.79. The van der Waals surface area contributed by atoms with Gasteiger partial charge in [0.1, 0.15) is 4.83 Å². The van der Waals surface area contributed by atoms with Crippen LogP contribution in [0.25, 0.3) is 48.2 Å². The highest BCUT2D eigenvalue weighted by atomic mass is 32.1. The SMILES string of the molecule is c1ccc(-c2c3ccccc3n3c2sc2cccc(-c4ccc(N(c5ccccc5)c5ccccc5)cc4)c23)cc1. The minimum atomic E-state index is 1.13. The lowest BCUT2D eigenvalue weighted by molar-refractivity contribution is 1.28. The minimum Gasteiger partial charge on any atom is -0.311 e. The maximum atomic E-state index is 2.47. The fraction of sp³-hybridized carbons (Fsp3) is 0. The Labute approximate surface area is 243 Å². The molecule has 0 unspecified atom stereocenters. The number of para-hydroxylation sites is 4. The van der Waals surface area contributed by atoms with Gasteiger partial charge in [0.25, 0.3) is 0 Å². The molecule has 0 atom stereocenters. The van der Waals surface area contributed by atoms with Crippen LogP contribution in [0.1, 0.15) is 0 Å². The monoisotopic (exact) mass is 542 g/mol. The molecule has 0 spiro atoms. The highest BCUT2D eigenvalue weighted by Crippen LogP contribution is 2.44. The van der Waals surface area contributed by atoms with Gasteiger partial charge in [-0.1, -0.05) is 109 Å². The molecule has 0 aliphatic carbocycles. The molecule has 2 aromatic heterocycles. The van der Waals surface area contributed by atoms with Crippen LogP contribution >= 0.6 is 11.3 Å². The molecule has 0 fully saturated rings. The van der Waals surface area contributed by atoms with E-state index in [1.807, 2.05) is 11.3 Å². The van der Waals surface area contributed by atoms with Crippen molar-refractivity contribution in [2.24, 2.45) is 0 Å². The topological polar surface area (TPSA) is 7.65 Å². The quantitative estimate of drug-likeness (QED) is 0.210. The van der Waals surface area contributed by atoms with Crippen molar-refractivity contribution in [3.8, 4) is 22.3 Å². The second-order valence-corrected chi connectivity index (χ2v) is 11.2. The molecular weight excluding hydrogens is 516 g/mol. The molecule has 0 N–H and O–H groups in total. The lowest BCUT2D eigenvalue weighted by atomic mass is 10.0. The summed E-state index contributed by atoms with van der Waals surface area (Å²) in [6, 6.07) is 56.4. The van der Waals surface area contributed by atoms with Gasteiger partial charge < -0.3 is 4.90 Å². The van der Waals surface area contributed by atoms with Crippen molar-refractivity contribution in [2.75, 3.05) is 4.90 Å². The van der Waals surface area contributed by atoms with E-state index in [4.69, 9.17) is 0 Å². The average molecular weight is 543 g/mol. The number of fused-ring (bicyclic) bond motifs is 5. The van der Waals surface area contributed by atoms with E-state index in [1.165, 1.54) is 48.2 Å². The lowest BCUT2D eigenvalue weighted by Crippen LogP contribution is -2.09. The summed E-state index contributed by atoms with van der Waals surface area (Å²) in [7, 11) is 0. The third-order valence-corrected chi connectivity index (χ3v) is 8.92. The number of rotatable bonds is 5. The van der Waals surface area contributed by atoms with Crippen molar-refractivity contribution in [1.29, 1.82) is 0 Å². The summed E-state index contributed by atoms with van der Waals surface area (Å²) in [4.78, 5) is 3.59. The van der Waals surface area contributed by atoms with Crippen LogP contribution < -0.4 is 4.90 Å². The van der Waals surface area contributed by atoms with Gasteiger partial charge in [0.2, 0.25) is 0 Å². The molecule has 194 valence electrons. The molecule has 0 radical (unpaired) electrons. The zero-order valence-electron chi connectivity index (χ0n) is 22.3. The summed E-state index contributed by atoms with van der Waals surface area (Å²) < 4.78 is 3.76. The molecule has 41 heavy (non-hydrogen) atoms. The zero-order chi connectivity index (χ0) is 27.2. The number of thiazole rings is 1. The van der Waals surface area contributed by atoms with E-state index in [9.17, 15) is 0 Å². The fourth-order valence-electron chi connectivity index (χ4n) is 5.98. The fourth-order valence-corrected chi connectivity index (χ4v) is 7.25. The van der Waals surface area contributed by atoms with Gasteiger partial charge in [0.05, 0.1) is 15.7 Å². The van der Waals surface area contributed by atoms with Crippen LogP contribution in [-0.2, 0) is 0 Å². The van der Waals surface area contributed by atoms with Crippen LogP contribution in [0.5, 0.6) is 0 Å². The van der Waals surface area contributed by atoms with E-state index in [1.54, 1.807) is 0 Å². The van der Waals surface area contributed by atoms with E-state index < -0.39 is 0 Å². The van der Waals surface area contributed by atoms with Crippen molar-refractivity contribution in [3.05, 3.63) is 158 Å². The van der Waals surface area contributed by atoms with Crippen molar-refractivity contribution in [1.82, 2.24) is 4.40 Å². The number of hydrogen-bond acceptors (Lipinski definition) is 2. The molecule has 3 heteroatoms. The normalized spacial score (nSPS) is 11.4. The summed E-state index contributed by atoms with van der Waals surface area (Å²) in [5.41, 5.74) is 10.9. The number of aromatic nitrogens is 1. The van der Waals surface area contributed by atoms with E-state index >= 15 is 0 Å². The van der Waals surface area contributed by atoms with Crippen molar-refractivity contribution < 1.29 is 0 Å². The second-order valence-electron chi connectivity index (χ2n) is 10.2. The first-order chi connectivity index (χ1) is 20.4. The van der Waals surface area contributed by atoms with Gasteiger partial charge in [-0.3, -0.25) is 4.40 Å². The smallest absolute Gasteiger partial charge is 0.109 e. The number of hydrogen-bond donors (Lipinski definition) is 0. The second kappa shape index (κ2) is 9.81. The predicted octanol–water partition coefficient (Wildman–Crippen LogP) is 11.1. The molecule has 2 nitrogen and oxygen atoms in total. The third kappa shape index (κ3) is 3.94. The predicted molar refractivity (Wildman–Crippen MR) is 176 cm³/mol. The largest absolute Gasteiger partial charge is 0.311 e. The number of benzene rings is 6. The molecule has 6 aromatic carbocycles. The molecule has 0 amide bonds. The first kappa shape index (κ1) is 23.7. The maximum Gasteiger partial charge on any atom is 0.109 e. The summed E-state index contributed by atoms with van der Waals surface area (Å²) >= 11 is 1.88. The van der Waals surface area contributed by atoms with Crippen LogP contribution in [0, 0.1) is 0 Å². The molecule has 0 aliphatic heterocycles. The van der Waals surface area contributed by atoms with Gasteiger partial charge in [-0.05, 0) is 59.7 Å². The Morgan fingerprint density at radius 2 is 1.05 bits per heavy atom. The molecule has 0 saturated carbocycles. The Morgan fingerprint density at radius 1 is 0.463 bits per heavy atom. The van der Waals surface area contributed by atoms with Gasteiger partial charge in [-0.15, -0.1) is 11.3 Å². The maximum absolute atomic E-state index is 2.47. The molecule has 8 rings (SSSR count). The summed E-state index contributed by atoms with van der Waals surface area (Å²) in [5, 5.41) is 1.29. The standard InChI is InChI=1S/C38H26N2S/c1-4-13-28(14-5-1)36-33-19-10-11-21-34(33)40-37-32(20-12-22-35(37)41-38(36)40)27-23-25-31(26-24-27)39(29-15-6-2-7-16-29)30-17-8-3-9-18-30/h1-26H. The Balaban J connectivity index is 1.31. The van der Waals surface area contributed by atoms with E-state index in [0.717, 1.165) is 17.1 Å². The molecular formula is C38H26N2S. The highest BCUT2D eigenvalue weighted by molar-refractivity contribution is 7.24. The molecule has 8 aromatic rings. The van der Waals surface area contributed by atoms with Crippen LogP contribution in [0.2, 0.25) is 0 Å². The van der Waals surface area contributed by atoms with Crippen molar-refractivity contribution in [3.63, 3.8) is 0 Å². The summed E-state index contributed by atoms with van der Waals surface area (Å²) in [6.07, 6.45) is 0. The van der Waals surface area contributed by atoms with Gasteiger partial charge in [-0.2, -0.15) is 0 Å². The Kier molecular flexibility index (Phi) is 5.68. The Morgan fingerprint density at radius 3 is 1.73 bits per heavy atom. The lowest BCUT2D eigenvalue weighted by Gasteiger charge is -2.25. The molecule has 2 heterocycles. The van der Waals surface area contributed by atoms with E-state index in [0.29, 0.717) is 0 Å². The first-order valence-corrected chi connectivity index (χ1v) is 14.7. The molecule has 0 bridgehead atoms.